The molecule has 0 aliphatic carbocycles. The van der Waals surface area contributed by atoms with E-state index in [1.807, 2.05) is 0 Å². The van der Waals surface area contributed by atoms with Gasteiger partial charge in [-0.05, 0) is 24.1 Å². The van der Waals surface area contributed by atoms with Gasteiger partial charge in [0, 0.05) is 5.56 Å². The molecule has 0 aliphatic rings. The molecular formula is C17H16F3NO2. The van der Waals surface area contributed by atoms with Gasteiger partial charge in [0.2, 0.25) is 5.60 Å². The summed E-state index contributed by atoms with van der Waals surface area (Å²) in [5.41, 5.74) is -2.56. The fourth-order valence-corrected chi connectivity index (χ4v) is 2.21. The zero-order chi connectivity index (χ0) is 17.1. The lowest BCUT2D eigenvalue weighted by molar-refractivity contribution is -0.263. The Morgan fingerprint density at radius 3 is 2.17 bits per heavy atom. The Kier molecular flexibility index (Phi) is 4.75. The van der Waals surface area contributed by atoms with Crippen LogP contribution in [0.3, 0.4) is 0 Å². The van der Waals surface area contributed by atoms with Gasteiger partial charge < -0.3 is 10.4 Å². The highest BCUT2D eigenvalue weighted by molar-refractivity contribution is 5.95. The second kappa shape index (κ2) is 6.42. The monoisotopic (exact) mass is 323 g/mol. The van der Waals surface area contributed by atoms with E-state index >= 15 is 0 Å². The lowest BCUT2D eigenvalue weighted by Gasteiger charge is -2.31. The summed E-state index contributed by atoms with van der Waals surface area (Å²) in [6.45, 7) is 0.718. The number of halogens is 3. The van der Waals surface area contributed by atoms with Gasteiger partial charge in [-0.3, -0.25) is 4.79 Å². The van der Waals surface area contributed by atoms with Crippen LogP contribution in [0.2, 0.25) is 0 Å². The number of benzene rings is 2. The lowest BCUT2D eigenvalue weighted by Crippen LogP contribution is -2.51. The van der Waals surface area contributed by atoms with Gasteiger partial charge in [-0.1, -0.05) is 48.5 Å². The van der Waals surface area contributed by atoms with Crippen molar-refractivity contribution >= 4 is 5.91 Å². The maximum atomic E-state index is 13.3. The number of nitrogens with one attached hydrogen (secondary N) is 1. The van der Waals surface area contributed by atoms with Crippen molar-refractivity contribution in [1.82, 2.24) is 5.32 Å². The summed E-state index contributed by atoms with van der Waals surface area (Å²) in [6, 6.07) is 13.2. The Labute approximate surface area is 131 Å². The molecule has 1 amide bonds. The van der Waals surface area contributed by atoms with E-state index in [4.69, 9.17) is 0 Å². The molecule has 0 fully saturated rings. The molecule has 0 aromatic heterocycles. The first-order chi connectivity index (χ1) is 10.8. The first kappa shape index (κ1) is 17.0. The third-order valence-corrected chi connectivity index (χ3v) is 3.61. The van der Waals surface area contributed by atoms with Crippen molar-refractivity contribution in [3.05, 3.63) is 71.3 Å². The van der Waals surface area contributed by atoms with Crippen molar-refractivity contribution in [2.24, 2.45) is 0 Å². The van der Waals surface area contributed by atoms with E-state index in [2.05, 4.69) is 5.32 Å². The Bertz CT molecular complexity index is 686. The van der Waals surface area contributed by atoms with Crippen LogP contribution in [0.25, 0.3) is 0 Å². The lowest BCUT2D eigenvalue weighted by atomic mass is 9.93. The van der Waals surface area contributed by atoms with Crippen LogP contribution in [0.1, 0.15) is 21.5 Å². The van der Waals surface area contributed by atoms with Gasteiger partial charge in [0.25, 0.3) is 5.91 Å². The van der Waals surface area contributed by atoms with Crippen molar-refractivity contribution in [2.45, 2.75) is 18.7 Å². The number of aryl methyl sites for hydroxylation is 1. The number of aliphatic hydroxyl groups is 1. The largest absolute Gasteiger partial charge is 0.423 e. The maximum absolute atomic E-state index is 13.3. The molecule has 0 saturated carbocycles. The SMILES string of the molecule is Cc1ccccc1C(=O)NC[C@](O)(c1ccccc1)C(F)(F)F. The zero-order valence-electron chi connectivity index (χ0n) is 12.4. The smallest absolute Gasteiger partial charge is 0.375 e. The van der Waals surface area contributed by atoms with Crippen molar-refractivity contribution in [2.75, 3.05) is 6.54 Å². The van der Waals surface area contributed by atoms with Crippen LogP contribution in [0, 0.1) is 6.92 Å². The number of alkyl halides is 3. The Morgan fingerprint density at radius 1 is 1.04 bits per heavy atom. The Morgan fingerprint density at radius 2 is 1.61 bits per heavy atom. The van der Waals surface area contributed by atoms with Gasteiger partial charge >= 0.3 is 6.18 Å². The second-order valence-electron chi connectivity index (χ2n) is 5.22. The van der Waals surface area contributed by atoms with Crippen LogP contribution in [0.5, 0.6) is 0 Å². The van der Waals surface area contributed by atoms with Crippen LogP contribution in [0.15, 0.2) is 54.6 Å². The van der Waals surface area contributed by atoms with Crippen molar-refractivity contribution in [3.63, 3.8) is 0 Å². The number of carbonyl (C=O) groups excluding carboxylic acids is 1. The van der Waals surface area contributed by atoms with Crippen molar-refractivity contribution in [3.8, 4) is 0 Å². The van der Waals surface area contributed by atoms with Gasteiger partial charge in [0.05, 0.1) is 6.54 Å². The molecule has 6 heteroatoms. The molecule has 2 aromatic rings. The van der Waals surface area contributed by atoms with Gasteiger partial charge in [0.1, 0.15) is 0 Å². The van der Waals surface area contributed by atoms with E-state index in [9.17, 15) is 23.1 Å². The summed E-state index contributed by atoms with van der Waals surface area (Å²) in [7, 11) is 0. The van der Waals surface area contributed by atoms with Crippen LogP contribution >= 0.6 is 0 Å². The molecular weight excluding hydrogens is 307 g/mol. The molecule has 122 valence electrons. The maximum Gasteiger partial charge on any atom is 0.423 e. The van der Waals surface area contributed by atoms with E-state index in [0.29, 0.717) is 5.56 Å². The third-order valence-electron chi connectivity index (χ3n) is 3.61. The number of hydrogen-bond donors (Lipinski definition) is 2. The first-order valence-corrected chi connectivity index (χ1v) is 6.94. The molecule has 0 heterocycles. The van der Waals surface area contributed by atoms with Crippen molar-refractivity contribution in [1.29, 1.82) is 0 Å². The molecule has 0 unspecified atom stereocenters. The molecule has 0 saturated heterocycles. The zero-order valence-corrected chi connectivity index (χ0v) is 12.4. The fraction of sp³-hybridized carbons (Fsp3) is 0.235. The molecule has 2 N–H and O–H groups in total. The molecule has 3 nitrogen and oxygen atoms in total. The number of amides is 1. The summed E-state index contributed by atoms with van der Waals surface area (Å²) in [5, 5.41) is 12.3. The van der Waals surface area contributed by atoms with Gasteiger partial charge in [0.15, 0.2) is 0 Å². The summed E-state index contributed by atoms with van der Waals surface area (Å²) in [5.74, 6) is -0.665. The van der Waals surface area contributed by atoms with E-state index in [-0.39, 0.29) is 11.1 Å². The Hall–Kier alpha value is -2.34. The summed E-state index contributed by atoms with van der Waals surface area (Å²) in [4.78, 5) is 12.1. The van der Waals surface area contributed by atoms with E-state index in [1.165, 1.54) is 30.3 Å². The second-order valence-corrected chi connectivity index (χ2v) is 5.22. The van der Waals surface area contributed by atoms with Crippen molar-refractivity contribution < 1.29 is 23.1 Å². The molecule has 2 rings (SSSR count). The quantitative estimate of drug-likeness (QED) is 0.908. The topological polar surface area (TPSA) is 49.3 Å². The number of rotatable bonds is 4. The number of carbonyl (C=O) groups is 1. The van der Waals surface area contributed by atoms with Crippen LogP contribution < -0.4 is 5.32 Å². The highest BCUT2D eigenvalue weighted by Gasteiger charge is 2.55. The molecule has 0 spiro atoms. The minimum Gasteiger partial charge on any atom is -0.375 e. The molecule has 2 aromatic carbocycles. The molecule has 1 atom stereocenters. The normalized spacial score (nSPS) is 14.1. The summed E-state index contributed by atoms with van der Waals surface area (Å²) < 4.78 is 40.0. The summed E-state index contributed by atoms with van der Waals surface area (Å²) in [6.07, 6.45) is -4.92. The predicted molar refractivity (Wildman–Crippen MR) is 79.9 cm³/mol. The standard InChI is InChI=1S/C17H16F3NO2/c1-12-7-5-6-10-14(12)15(22)21-11-16(23,17(18,19)20)13-8-3-2-4-9-13/h2-10,23H,11H2,1H3,(H,21,22)/t16-/m0/s1. The third kappa shape index (κ3) is 3.53. The minimum absolute atomic E-state index is 0.269. The minimum atomic E-state index is -4.92. The number of hydrogen-bond acceptors (Lipinski definition) is 2. The molecule has 0 aliphatic heterocycles. The van der Waals surface area contributed by atoms with E-state index < -0.39 is 24.2 Å². The fourth-order valence-electron chi connectivity index (χ4n) is 2.21. The Balaban J connectivity index is 2.24. The van der Waals surface area contributed by atoms with Gasteiger partial charge in [-0.25, -0.2) is 0 Å². The van der Waals surface area contributed by atoms with E-state index in [1.54, 1.807) is 31.2 Å². The first-order valence-electron chi connectivity index (χ1n) is 6.94. The average molecular weight is 323 g/mol. The highest BCUT2D eigenvalue weighted by atomic mass is 19.4. The van der Waals surface area contributed by atoms with Gasteiger partial charge in [-0.15, -0.1) is 0 Å². The highest BCUT2D eigenvalue weighted by Crippen LogP contribution is 2.38. The van der Waals surface area contributed by atoms with Crippen LogP contribution in [-0.4, -0.2) is 23.7 Å². The molecule has 0 radical (unpaired) electrons. The molecule has 0 bridgehead atoms. The predicted octanol–water partition coefficient (Wildman–Crippen LogP) is 3.17. The van der Waals surface area contributed by atoms with E-state index in [0.717, 1.165) is 0 Å². The van der Waals surface area contributed by atoms with Crippen LogP contribution in [-0.2, 0) is 5.60 Å². The average Bonchev–Trinajstić information content (AvgIpc) is 2.52. The summed E-state index contributed by atoms with van der Waals surface area (Å²) >= 11 is 0. The van der Waals surface area contributed by atoms with Gasteiger partial charge in [-0.2, -0.15) is 13.2 Å². The molecule has 23 heavy (non-hydrogen) atoms. The van der Waals surface area contributed by atoms with Crippen LogP contribution in [0.4, 0.5) is 13.2 Å².